The number of carbonyl (C=O) groups is 1. The van der Waals surface area contributed by atoms with Crippen LogP contribution in [0.3, 0.4) is 0 Å². The largest absolute Gasteiger partial charge is 0.506 e. The minimum Gasteiger partial charge on any atom is -0.506 e. The van der Waals surface area contributed by atoms with E-state index in [9.17, 15) is 15.0 Å². The Balaban J connectivity index is 0.00000274. The van der Waals surface area contributed by atoms with Crippen LogP contribution in [-0.2, 0) is 10.3 Å². The van der Waals surface area contributed by atoms with Crippen molar-refractivity contribution in [2.24, 2.45) is 0 Å². The summed E-state index contributed by atoms with van der Waals surface area (Å²) in [5, 5.41) is 21.0. The van der Waals surface area contributed by atoms with E-state index in [2.05, 4.69) is 0 Å². The Morgan fingerprint density at radius 1 is 0.765 bits per heavy atom. The Labute approximate surface area is 309 Å². The second-order valence-corrected chi connectivity index (χ2v) is 13.0. The zero-order chi connectivity index (χ0) is 24.1. The summed E-state index contributed by atoms with van der Waals surface area (Å²) in [6.07, 6.45) is 0. The van der Waals surface area contributed by atoms with Crippen molar-refractivity contribution < 1.29 is 24.5 Å². The fourth-order valence-corrected chi connectivity index (χ4v) is 8.57. The number of benzene rings is 3. The van der Waals surface area contributed by atoms with Gasteiger partial charge in [0.15, 0.2) is 17.1 Å². The molecule has 1 spiro atoms. The van der Waals surface area contributed by atoms with E-state index >= 15 is 0 Å². The maximum Gasteiger partial charge on any atom is 0.341 e. The summed E-state index contributed by atoms with van der Waals surface area (Å²) in [7, 11) is 0. The Hall–Kier alpha value is 2.25. The third-order valence-corrected chi connectivity index (χ3v) is 10.8. The molecule has 34 heavy (non-hydrogen) atoms. The summed E-state index contributed by atoms with van der Waals surface area (Å²) in [4.78, 5) is 13.3. The first kappa shape index (κ1) is 29.2. The Morgan fingerprint density at radius 2 is 1.21 bits per heavy atom. The van der Waals surface area contributed by atoms with Crippen molar-refractivity contribution >= 4 is 194 Å². The molecule has 2 heterocycles. The Morgan fingerprint density at radius 3 is 1.68 bits per heavy atom. The van der Waals surface area contributed by atoms with E-state index in [1.54, 1.807) is 12.1 Å². The molecular weight excluding hydrogens is 1010 g/mol. The summed E-state index contributed by atoms with van der Waals surface area (Å²) in [5.41, 5.74) is -0.574. The Bertz CT molecular complexity index is 1400. The summed E-state index contributed by atoms with van der Waals surface area (Å²) >= 11 is 33.7. The molecule has 171 valence electrons. The second kappa shape index (κ2) is 10.3. The van der Waals surface area contributed by atoms with Gasteiger partial charge in [-0.1, -0.05) is 46.4 Å². The van der Waals surface area contributed by atoms with Gasteiger partial charge in [0.05, 0.1) is 51.1 Å². The maximum absolute atomic E-state index is 13.3. The quantitative estimate of drug-likeness (QED) is 0.0780. The van der Waals surface area contributed by atoms with Crippen molar-refractivity contribution in [1.82, 2.24) is 0 Å². The summed E-state index contributed by atoms with van der Waals surface area (Å²) in [6.45, 7) is 0. The fourth-order valence-electron chi connectivity index (χ4n) is 3.93. The first-order chi connectivity index (χ1) is 15.4. The van der Waals surface area contributed by atoms with E-state index < -0.39 is 11.6 Å². The van der Waals surface area contributed by atoms with Crippen molar-refractivity contribution in [3.05, 3.63) is 68.8 Å². The van der Waals surface area contributed by atoms with E-state index in [0.717, 1.165) is 0 Å². The molecule has 2 aliphatic heterocycles. The molecule has 0 aliphatic carbocycles. The monoisotopic (exact) mass is 1010 g/mol. The molecule has 5 nitrogen and oxygen atoms in total. The SMILES string of the molecule is O=C1OC2(c3cc(I)c(O)c(I)c3Oc3c2cc(I)c(O)c3I)c2c(Cl)c(Cl)c(Cl)c(Cl)c21.[K]. The number of ether oxygens (including phenoxy) is 2. The minimum atomic E-state index is -1.62. The molecule has 0 unspecified atom stereocenters. The van der Waals surface area contributed by atoms with Crippen LogP contribution in [0.15, 0.2) is 12.1 Å². The summed E-state index contributed by atoms with van der Waals surface area (Å²) in [6, 6.07) is 3.30. The standard InChI is InChI=1S/C20H4Cl4I4O5.K/c21-9-7-8(10(22)12(24)11(9)23)20(33-19(7)31)3-1-5(25)15(29)13(27)17(3)32-18-4(20)2-6(26)16(30)14(18)28;/h1-2,29-30H;. The molecule has 0 aromatic heterocycles. The van der Waals surface area contributed by atoms with E-state index in [0.29, 0.717) is 25.4 Å². The van der Waals surface area contributed by atoms with Crippen molar-refractivity contribution in [2.75, 3.05) is 0 Å². The smallest absolute Gasteiger partial charge is 0.341 e. The molecule has 0 fully saturated rings. The molecule has 0 saturated heterocycles. The van der Waals surface area contributed by atoms with Crippen LogP contribution in [0, 0.1) is 14.3 Å². The average Bonchev–Trinajstić information content (AvgIpc) is 3.08. The van der Waals surface area contributed by atoms with Gasteiger partial charge in [-0.3, -0.25) is 0 Å². The molecule has 1 radical (unpaired) electrons. The van der Waals surface area contributed by atoms with Crippen molar-refractivity contribution in [2.45, 2.75) is 5.60 Å². The van der Waals surface area contributed by atoms with Crippen LogP contribution in [0.25, 0.3) is 0 Å². The molecule has 0 amide bonds. The predicted molar refractivity (Wildman–Crippen MR) is 165 cm³/mol. The Kier molecular flexibility index (Phi) is 8.89. The summed E-state index contributed by atoms with van der Waals surface area (Å²) in [5.74, 6) is -0.246. The van der Waals surface area contributed by atoms with Gasteiger partial charge in [-0.2, -0.15) is 0 Å². The van der Waals surface area contributed by atoms with Crippen LogP contribution in [-0.4, -0.2) is 67.6 Å². The van der Waals surface area contributed by atoms with Crippen LogP contribution in [0.5, 0.6) is 23.0 Å². The van der Waals surface area contributed by atoms with Gasteiger partial charge in [-0.15, -0.1) is 0 Å². The molecule has 2 N–H and O–H groups in total. The van der Waals surface area contributed by atoms with Crippen LogP contribution in [0.4, 0.5) is 0 Å². The van der Waals surface area contributed by atoms with E-state index in [1.807, 2.05) is 90.4 Å². The number of phenolic OH excluding ortho intramolecular Hbond substituents is 2. The van der Waals surface area contributed by atoms with Gasteiger partial charge in [0.1, 0.15) is 11.5 Å². The first-order valence-electron chi connectivity index (χ1n) is 8.63. The molecular formula is C20H4Cl4I4KO5. The molecule has 2 aliphatic rings. The molecule has 5 rings (SSSR count). The number of hydrogen-bond acceptors (Lipinski definition) is 5. The minimum absolute atomic E-state index is 0. The fraction of sp³-hybridized carbons (Fsp3) is 0.0500. The maximum atomic E-state index is 13.3. The molecule has 3 aromatic rings. The number of rotatable bonds is 0. The van der Waals surface area contributed by atoms with Crippen molar-refractivity contribution in [1.29, 1.82) is 0 Å². The number of aromatic hydroxyl groups is 2. The van der Waals surface area contributed by atoms with Crippen molar-refractivity contribution in [3.8, 4) is 23.0 Å². The van der Waals surface area contributed by atoms with Crippen LogP contribution in [0.2, 0.25) is 20.1 Å². The topological polar surface area (TPSA) is 76.0 Å². The molecule has 0 saturated carbocycles. The number of fused-ring (bicyclic) bond motifs is 6. The number of phenols is 2. The van der Waals surface area contributed by atoms with Gasteiger partial charge in [0.25, 0.3) is 0 Å². The van der Waals surface area contributed by atoms with Crippen LogP contribution in [0.1, 0.15) is 27.0 Å². The van der Waals surface area contributed by atoms with Gasteiger partial charge in [-0.25, -0.2) is 4.79 Å². The second-order valence-electron chi connectivity index (χ2n) is 6.97. The third-order valence-electron chi connectivity index (χ3n) is 5.33. The van der Waals surface area contributed by atoms with Gasteiger partial charge >= 0.3 is 5.97 Å². The van der Waals surface area contributed by atoms with Gasteiger partial charge < -0.3 is 19.7 Å². The zero-order valence-corrected chi connectivity index (χ0v) is 31.1. The van der Waals surface area contributed by atoms with Gasteiger partial charge in [-0.05, 0) is 102 Å². The number of esters is 1. The van der Waals surface area contributed by atoms with Crippen LogP contribution >= 0.6 is 137 Å². The first-order valence-corrected chi connectivity index (χ1v) is 14.5. The van der Waals surface area contributed by atoms with Gasteiger partial charge in [0, 0.05) is 56.9 Å². The number of hydrogen-bond donors (Lipinski definition) is 2. The zero-order valence-electron chi connectivity index (χ0n) is 16.3. The average molecular weight is 1010 g/mol. The van der Waals surface area contributed by atoms with Crippen LogP contribution < -0.4 is 4.74 Å². The third kappa shape index (κ3) is 4.00. The molecule has 0 atom stereocenters. The van der Waals surface area contributed by atoms with E-state index in [1.165, 1.54) is 0 Å². The number of halogens is 8. The van der Waals surface area contributed by atoms with Crippen molar-refractivity contribution in [3.63, 3.8) is 0 Å². The molecule has 3 aromatic carbocycles. The van der Waals surface area contributed by atoms with E-state index in [-0.39, 0.29) is 106 Å². The normalized spacial score (nSPS) is 14.6. The molecule has 14 heteroatoms. The molecule has 0 bridgehead atoms. The summed E-state index contributed by atoms with van der Waals surface area (Å²) < 4.78 is 14.1. The van der Waals surface area contributed by atoms with E-state index in [4.69, 9.17) is 55.9 Å². The number of carbonyl (C=O) groups excluding carboxylic acids is 1. The predicted octanol–water partition coefficient (Wildman–Crippen LogP) is 8.32. The van der Waals surface area contributed by atoms with Gasteiger partial charge in [0.2, 0.25) is 0 Å².